The van der Waals surface area contributed by atoms with Crippen molar-refractivity contribution in [3.05, 3.63) is 94.6 Å². The molecule has 0 radical (unpaired) electrons. The fraction of sp³-hybridized carbons (Fsp3) is 0.500. The number of fused-ring (bicyclic) bond motifs is 1. The minimum Gasteiger partial charge on any atom is -0.490 e. The Morgan fingerprint density at radius 1 is 0.932 bits per heavy atom. The molecule has 4 nitrogen and oxygen atoms in total. The van der Waals surface area contributed by atoms with Crippen LogP contribution in [-0.2, 0) is 13.0 Å². The van der Waals surface area contributed by atoms with Crippen molar-refractivity contribution in [2.24, 2.45) is 5.41 Å². The third-order valence-corrected chi connectivity index (χ3v) is 9.60. The normalized spacial score (nSPS) is 24.5. The van der Waals surface area contributed by atoms with Crippen molar-refractivity contribution in [2.45, 2.75) is 83.0 Å². The van der Waals surface area contributed by atoms with Crippen LogP contribution in [0.2, 0.25) is 0 Å². The van der Waals surface area contributed by atoms with E-state index in [4.69, 9.17) is 9.47 Å². The van der Waals surface area contributed by atoms with Crippen LogP contribution < -0.4 is 14.8 Å². The molecule has 8 heteroatoms. The molecule has 1 saturated carbocycles. The minimum atomic E-state index is -3.03. The van der Waals surface area contributed by atoms with Gasteiger partial charge in [-0.2, -0.15) is 0 Å². The van der Waals surface area contributed by atoms with Crippen LogP contribution in [0.15, 0.2) is 60.7 Å². The van der Waals surface area contributed by atoms with E-state index >= 15 is 8.78 Å². The lowest BCUT2D eigenvalue weighted by molar-refractivity contribution is -0.0246. The second-order valence-corrected chi connectivity index (χ2v) is 13.1. The standard InChI is InChI=1S/C36H42F4N2O2/c1-35(39,40)24-42-18-13-26-19-28(43-22-25-7-3-2-4-8-25)11-12-30(26)34(42)33-31(37)20-29(21-32(33)38)44-27-9-5-14-36(15-6-10-27)16-17-41-23-36/h2-4,7-8,11-12,19-21,27,34,41H,5-6,9-10,13-18,22-24H2,1H3. The summed E-state index contributed by atoms with van der Waals surface area (Å²) in [6.07, 6.45) is 7.58. The predicted molar refractivity (Wildman–Crippen MR) is 163 cm³/mol. The molecule has 0 amide bonds. The Kier molecular flexibility index (Phi) is 9.20. The van der Waals surface area contributed by atoms with Gasteiger partial charge in [0.05, 0.1) is 18.7 Å². The maximum absolute atomic E-state index is 15.9. The van der Waals surface area contributed by atoms with Gasteiger partial charge in [0.25, 0.3) is 5.92 Å². The first kappa shape index (κ1) is 30.9. The summed E-state index contributed by atoms with van der Waals surface area (Å²) in [5, 5.41) is 3.50. The first-order chi connectivity index (χ1) is 21.2. The van der Waals surface area contributed by atoms with Crippen molar-refractivity contribution in [1.29, 1.82) is 0 Å². The molecule has 0 bridgehead atoms. The number of rotatable bonds is 8. The number of nitrogens with zero attached hydrogens (tertiary/aromatic N) is 1. The highest BCUT2D eigenvalue weighted by molar-refractivity contribution is 5.46. The molecule has 1 spiro atoms. The molecule has 1 unspecified atom stereocenters. The number of hydrogen-bond acceptors (Lipinski definition) is 4. The highest BCUT2D eigenvalue weighted by Crippen LogP contribution is 2.42. The highest BCUT2D eigenvalue weighted by Gasteiger charge is 2.38. The fourth-order valence-electron chi connectivity index (χ4n) is 7.45. The van der Waals surface area contributed by atoms with E-state index in [1.165, 1.54) is 23.5 Å². The van der Waals surface area contributed by atoms with Gasteiger partial charge in [-0.05, 0) is 92.1 Å². The van der Waals surface area contributed by atoms with Crippen LogP contribution >= 0.6 is 0 Å². The Hall–Kier alpha value is -3.10. The van der Waals surface area contributed by atoms with E-state index < -0.39 is 30.1 Å². The van der Waals surface area contributed by atoms with E-state index in [-0.39, 0.29) is 24.0 Å². The second-order valence-electron chi connectivity index (χ2n) is 13.1. The number of halogens is 4. The third kappa shape index (κ3) is 7.23. The van der Waals surface area contributed by atoms with Crippen molar-refractivity contribution < 1.29 is 27.0 Å². The zero-order chi connectivity index (χ0) is 30.7. The summed E-state index contributed by atoms with van der Waals surface area (Å²) in [6, 6.07) is 16.6. The van der Waals surface area contributed by atoms with Gasteiger partial charge < -0.3 is 14.8 Å². The van der Waals surface area contributed by atoms with Gasteiger partial charge in [0.1, 0.15) is 29.7 Å². The number of hydrogen-bond donors (Lipinski definition) is 1. The molecule has 3 aliphatic rings. The van der Waals surface area contributed by atoms with Crippen LogP contribution in [0.3, 0.4) is 0 Å². The van der Waals surface area contributed by atoms with E-state index in [0.717, 1.165) is 69.7 Å². The first-order valence-electron chi connectivity index (χ1n) is 16.0. The Bertz CT molecular complexity index is 1390. The molecule has 2 heterocycles. The van der Waals surface area contributed by atoms with Crippen LogP contribution in [0.25, 0.3) is 0 Å². The Morgan fingerprint density at radius 3 is 2.32 bits per heavy atom. The van der Waals surface area contributed by atoms with Crippen LogP contribution in [0.5, 0.6) is 11.5 Å². The van der Waals surface area contributed by atoms with Crippen molar-refractivity contribution in [2.75, 3.05) is 26.2 Å². The molecule has 6 rings (SSSR count). The van der Waals surface area contributed by atoms with E-state index in [1.54, 1.807) is 12.1 Å². The average Bonchev–Trinajstić information content (AvgIpc) is 3.44. The molecule has 1 atom stereocenters. The van der Waals surface area contributed by atoms with Gasteiger partial charge in [-0.25, -0.2) is 17.6 Å². The largest absolute Gasteiger partial charge is 0.490 e. The Balaban J connectivity index is 1.22. The van der Waals surface area contributed by atoms with Gasteiger partial charge in [-0.15, -0.1) is 0 Å². The molecule has 3 aromatic carbocycles. The molecule has 236 valence electrons. The van der Waals surface area contributed by atoms with Crippen LogP contribution in [0.1, 0.15) is 80.2 Å². The first-order valence-corrected chi connectivity index (χ1v) is 16.0. The quantitative estimate of drug-likeness (QED) is 0.261. The lowest BCUT2D eigenvalue weighted by atomic mass is 9.75. The fourth-order valence-corrected chi connectivity index (χ4v) is 7.45. The Morgan fingerprint density at radius 2 is 1.66 bits per heavy atom. The van der Waals surface area contributed by atoms with Gasteiger partial charge in [0.2, 0.25) is 0 Å². The lowest BCUT2D eigenvalue weighted by Crippen LogP contribution is -2.43. The molecule has 2 fully saturated rings. The van der Waals surface area contributed by atoms with Gasteiger partial charge >= 0.3 is 0 Å². The van der Waals surface area contributed by atoms with E-state index in [2.05, 4.69) is 5.32 Å². The maximum atomic E-state index is 15.9. The second kappa shape index (κ2) is 13.1. The summed E-state index contributed by atoms with van der Waals surface area (Å²) in [6.45, 7) is 2.99. The number of ether oxygens (including phenoxy) is 2. The lowest BCUT2D eigenvalue weighted by Gasteiger charge is -2.39. The molecule has 0 aromatic heterocycles. The van der Waals surface area contributed by atoms with Crippen LogP contribution in [0, 0.1) is 17.0 Å². The molecule has 44 heavy (non-hydrogen) atoms. The van der Waals surface area contributed by atoms with Gasteiger partial charge in [-0.3, -0.25) is 4.90 Å². The average molecular weight is 611 g/mol. The summed E-state index contributed by atoms with van der Waals surface area (Å²) in [5.41, 5.74) is 2.61. The molecule has 1 saturated heterocycles. The topological polar surface area (TPSA) is 33.7 Å². The van der Waals surface area contributed by atoms with E-state index in [1.807, 2.05) is 36.4 Å². The zero-order valence-electron chi connectivity index (χ0n) is 25.4. The van der Waals surface area contributed by atoms with Crippen LogP contribution in [-0.4, -0.2) is 43.1 Å². The van der Waals surface area contributed by atoms with Crippen molar-refractivity contribution in [3.8, 4) is 11.5 Å². The summed E-state index contributed by atoms with van der Waals surface area (Å²) < 4.78 is 72.6. The summed E-state index contributed by atoms with van der Waals surface area (Å²) in [7, 11) is 0. The molecule has 2 aliphatic heterocycles. The smallest absolute Gasteiger partial charge is 0.257 e. The number of alkyl halides is 2. The monoisotopic (exact) mass is 610 g/mol. The van der Waals surface area contributed by atoms with Crippen molar-refractivity contribution >= 4 is 0 Å². The zero-order valence-corrected chi connectivity index (χ0v) is 25.4. The van der Waals surface area contributed by atoms with Crippen molar-refractivity contribution in [1.82, 2.24) is 10.2 Å². The molecular weight excluding hydrogens is 568 g/mol. The number of nitrogens with one attached hydrogen (secondary N) is 1. The minimum absolute atomic E-state index is 0.105. The summed E-state index contributed by atoms with van der Waals surface area (Å²) in [4.78, 5) is 1.48. The Labute approximate surface area is 257 Å². The van der Waals surface area contributed by atoms with E-state index in [9.17, 15) is 8.78 Å². The maximum Gasteiger partial charge on any atom is 0.257 e. The summed E-state index contributed by atoms with van der Waals surface area (Å²) in [5.74, 6) is -3.82. The molecule has 1 N–H and O–H groups in total. The SMILES string of the molecule is CC(F)(F)CN1CCc2cc(OCc3ccccc3)ccc2C1c1c(F)cc(OC2CCCC3(CCC2)CCNC3)cc1F. The molecule has 3 aromatic rings. The van der Waals surface area contributed by atoms with Gasteiger partial charge in [-0.1, -0.05) is 36.4 Å². The molecular formula is C36H42F4N2O2. The van der Waals surface area contributed by atoms with Crippen molar-refractivity contribution in [3.63, 3.8) is 0 Å². The van der Waals surface area contributed by atoms with E-state index in [0.29, 0.717) is 29.8 Å². The molecule has 1 aliphatic carbocycles. The third-order valence-electron chi connectivity index (χ3n) is 9.60. The number of benzene rings is 3. The highest BCUT2D eigenvalue weighted by atomic mass is 19.3. The van der Waals surface area contributed by atoms with Crippen LogP contribution in [0.4, 0.5) is 17.6 Å². The summed E-state index contributed by atoms with van der Waals surface area (Å²) >= 11 is 0. The van der Waals surface area contributed by atoms with Gasteiger partial charge in [0, 0.05) is 37.7 Å². The predicted octanol–water partition coefficient (Wildman–Crippen LogP) is 8.23. The van der Waals surface area contributed by atoms with Gasteiger partial charge in [0.15, 0.2) is 0 Å².